The Morgan fingerprint density at radius 2 is 0.898 bits per heavy atom. The minimum Gasteiger partial charge on any atom is -0.463 e. The standard InChI is InChI=1S/C76H96N4O18/c1-47-49(3)62(44-88-69(82)58-33-21-14-22-34-58)92-72(53(47)7)90-45-63-51(5)52(6)66(96-71(84)60-37-25-16-26-38-60)75(94-63)98-68-65(78-79-77)74(86-40-28-11-10-27-39-80(41-56-29-17-12-18-30-56)76(85)91-42-57-31-19-13-20-32-57)95-64(46-89-70(83)59-35-23-15-24-36-59)67(68)97-73-54(8)48(2)50(4)61(93-73)43-87-55(9)81/h12-26,29-38,47-54,61-68,72-75H,10-11,27-28,39-46H2,1-9H3/t47-,48-,49-,50-,51-,52-,53?,54?,61?,62?,63?,64?,65?,66?,67-,68+,72-,73+,74+,75-/m0/s1. The van der Waals surface area contributed by atoms with Crippen LogP contribution in [0.25, 0.3) is 10.4 Å². The molecule has 528 valence electrons. The van der Waals surface area contributed by atoms with E-state index in [1.165, 1.54) is 6.92 Å². The molecule has 4 aliphatic rings. The summed E-state index contributed by atoms with van der Waals surface area (Å²) in [5, 5.41) is 4.37. The van der Waals surface area contributed by atoms with E-state index in [-0.39, 0.29) is 85.6 Å². The number of carbonyl (C=O) groups excluding carboxylic acids is 5. The molecule has 0 radical (unpaired) electrons. The molecule has 20 atom stereocenters. The number of amides is 1. The van der Waals surface area contributed by atoms with E-state index in [2.05, 4.69) is 37.7 Å². The largest absolute Gasteiger partial charge is 0.463 e. The lowest BCUT2D eigenvalue weighted by Crippen LogP contribution is -2.65. The van der Waals surface area contributed by atoms with E-state index in [0.29, 0.717) is 44.3 Å². The number of carbonyl (C=O) groups is 5. The van der Waals surface area contributed by atoms with Crippen LogP contribution in [0.1, 0.15) is 130 Å². The van der Waals surface area contributed by atoms with Gasteiger partial charge in [0, 0.05) is 49.3 Å². The van der Waals surface area contributed by atoms with E-state index >= 15 is 0 Å². The van der Waals surface area contributed by atoms with Crippen molar-refractivity contribution >= 4 is 30.0 Å². The summed E-state index contributed by atoms with van der Waals surface area (Å²) in [6.07, 6.45) is -9.42. The molecule has 0 spiro atoms. The van der Waals surface area contributed by atoms with Crippen LogP contribution in [0.3, 0.4) is 0 Å². The Labute approximate surface area is 575 Å². The Kier molecular flexibility index (Phi) is 28.0. The summed E-state index contributed by atoms with van der Waals surface area (Å²) in [7, 11) is 0. The van der Waals surface area contributed by atoms with Crippen LogP contribution in [0.4, 0.5) is 4.79 Å². The number of benzene rings is 5. The highest BCUT2D eigenvalue weighted by atomic mass is 16.8. The molecule has 5 aromatic carbocycles. The average molecular weight is 1350 g/mol. The van der Waals surface area contributed by atoms with Gasteiger partial charge in [0.15, 0.2) is 31.3 Å². The van der Waals surface area contributed by atoms with Crippen LogP contribution in [0.5, 0.6) is 0 Å². The van der Waals surface area contributed by atoms with Crippen molar-refractivity contribution in [3.05, 3.63) is 190 Å². The second-order valence-electron chi connectivity index (χ2n) is 26.5. The fraction of sp³-hybridized carbons (Fsp3) is 0.539. The molecule has 5 aromatic rings. The number of nitrogens with zero attached hydrogens (tertiary/aromatic N) is 4. The minimum atomic E-state index is -1.44. The zero-order valence-electron chi connectivity index (χ0n) is 57.6. The topological polar surface area (TPSA) is 257 Å². The van der Waals surface area contributed by atoms with Crippen molar-refractivity contribution in [2.24, 2.45) is 52.5 Å². The smallest absolute Gasteiger partial charge is 0.410 e. The maximum atomic E-state index is 14.4. The van der Waals surface area contributed by atoms with E-state index < -0.39 is 116 Å². The van der Waals surface area contributed by atoms with Crippen molar-refractivity contribution in [3.8, 4) is 0 Å². The zero-order valence-corrected chi connectivity index (χ0v) is 57.6. The molecule has 22 heteroatoms. The SMILES string of the molecule is CC(=O)OCC1O[C@H](O[C@H]2C(COC(=O)c3ccccc3)O[C@@H](OCCCCCCN(Cc3ccccc3)C(=O)OCc3ccccc3)C(N=[N+]=[N-])[C@H]2O[C@@H]2OC(CO[C@H]3OC(COC(=O)c4ccccc4)[C@@H](C)[C@H](C)C3C)[C@@H](C)[C@H](C)C2OC(=O)c2ccccc2)C(C)[C@@H](C)[C@@H]1C. The molecule has 0 saturated carbocycles. The van der Waals surface area contributed by atoms with Gasteiger partial charge >= 0.3 is 30.0 Å². The molecule has 0 N–H and O–H groups in total. The van der Waals surface area contributed by atoms with Crippen LogP contribution in [-0.4, -0.2) is 148 Å². The van der Waals surface area contributed by atoms with Crippen molar-refractivity contribution in [2.45, 2.75) is 175 Å². The minimum absolute atomic E-state index is 0.000862. The van der Waals surface area contributed by atoms with Crippen molar-refractivity contribution < 1.29 is 85.6 Å². The maximum Gasteiger partial charge on any atom is 0.410 e. The lowest BCUT2D eigenvalue weighted by atomic mass is 9.79. The summed E-state index contributed by atoms with van der Waals surface area (Å²) in [4.78, 5) is 72.4. The van der Waals surface area contributed by atoms with Gasteiger partial charge in [0.2, 0.25) is 0 Å². The van der Waals surface area contributed by atoms with Crippen LogP contribution in [0.2, 0.25) is 0 Å². The molecule has 98 heavy (non-hydrogen) atoms. The molecule has 4 fully saturated rings. The van der Waals surface area contributed by atoms with E-state index in [1.807, 2.05) is 94.4 Å². The Morgan fingerprint density at radius 3 is 1.47 bits per heavy atom. The molecule has 22 nitrogen and oxygen atoms in total. The number of hydrogen-bond donors (Lipinski definition) is 0. The Morgan fingerprint density at radius 1 is 0.439 bits per heavy atom. The van der Waals surface area contributed by atoms with Gasteiger partial charge in [0.05, 0.1) is 41.6 Å². The first-order valence-electron chi connectivity index (χ1n) is 34.4. The Hall–Kier alpha value is -7.76. The third-order valence-electron chi connectivity index (χ3n) is 20.0. The second kappa shape index (κ2) is 36.9. The van der Waals surface area contributed by atoms with E-state index in [0.717, 1.165) is 11.1 Å². The Bertz CT molecular complexity index is 3340. The average Bonchev–Trinajstić information content (AvgIpc) is 0.768. The highest BCUT2D eigenvalue weighted by Gasteiger charge is 2.55. The molecule has 4 aliphatic heterocycles. The molecule has 9 rings (SSSR count). The second-order valence-corrected chi connectivity index (χ2v) is 26.5. The quantitative estimate of drug-likeness (QED) is 0.0103. The van der Waals surface area contributed by atoms with Gasteiger partial charge in [-0.2, -0.15) is 0 Å². The van der Waals surface area contributed by atoms with Gasteiger partial charge in [-0.15, -0.1) is 0 Å². The number of hydrogen-bond acceptors (Lipinski definition) is 19. The molecule has 1 amide bonds. The van der Waals surface area contributed by atoms with Crippen LogP contribution in [0.15, 0.2) is 157 Å². The molecule has 4 saturated heterocycles. The van der Waals surface area contributed by atoms with Gasteiger partial charge in [0.1, 0.15) is 50.8 Å². The maximum absolute atomic E-state index is 14.4. The van der Waals surface area contributed by atoms with Crippen molar-refractivity contribution in [3.63, 3.8) is 0 Å². The zero-order chi connectivity index (χ0) is 69.7. The first-order chi connectivity index (χ1) is 47.4. The first-order valence-corrected chi connectivity index (χ1v) is 34.4. The van der Waals surface area contributed by atoms with E-state index in [4.69, 9.17) is 61.6 Å². The summed E-state index contributed by atoms with van der Waals surface area (Å²) < 4.78 is 84.9. The van der Waals surface area contributed by atoms with E-state index in [1.54, 1.807) is 89.8 Å². The lowest BCUT2D eigenvalue weighted by Gasteiger charge is -2.51. The van der Waals surface area contributed by atoms with Gasteiger partial charge < -0.3 is 66.5 Å². The lowest BCUT2D eigenvalue weighted by molar-refractivity contribution is -0.362. The van der Waals surface area contributed by atoms with Gasteiger partial charge in [-0.25, -0.2) is 19.2 Å². The van der Waals surface area contributed by atoms with Crippen molar-refractivity contribution in [2.75, 3.05) is 39.6 Å². The predicted molar refractivity (Wildman–Crippen MR) is 360 cm³/mol. The van der Waals surface area contributed by atoms with Crippen molar-refractivity contribution in [1.29, 1.82) is 0 Å². The summed E-state index contributed by atoms with van der Waals surface area (Å²) in [5.41, 5.74) is 13.5. The molecule has 0 bridgehead atoms. The van der Waals surface area contributed by atoms with Crippen LogP contribution in [0, 0.1) is 47.3 Å². The number of ether oxygens (including phenoxy) is 13. The third-order valence-corrected chi connectivity index (χ3v) is 20.0. The van der Waals surface area contributed by atoms with E-state index in [9.17, 15) is 29.5 Å². The number of azide groups is 1. The van der Waals surface area contributed by atoms with Gasteiger partial charge in [0.25, 0.3) is 0 Å². The van der Waals surface area contributed by atoms with Crippen LogP contribution < -0.4 is 0 Å². The summed E-state index contributed by atoms with van der Waals surface area (Å²) in [5.74, 6) is -3.61. The highest BCUT2D eigenvalue weighted by molar-refractivity contribution is 5.90. The fourth-order valence-electron chi connectivity index (χ4n) is 13.0. The number of rotatable bonds is 30. The van der Waals surface area contributed by atoms with Gasteiger partial charge in [-0.3, -0.25) is 4.79 Å². The molecule has 4 heterocycles. The van der Waals surface area contributed by atoms with Gasteiger partial charge in [-0.1, -0.05) is 189 Å². The van der Waals surface area contributed by atoms with Crippen LogP contribution in [-0.2, 0) is 79.5 Å². The molecule has 8 unspecified atom stereocenters. The third kappa shape index (κ3) is 20.2. The fourth-order valence-corrected chi connectivity index (χ4v) is 13.0. The number of unbranched alkanes of at least 4 members (excludes halogenated alkanes) is 3. The van der Waals surface area contributed by atoms with Crippen molar-refractivity contribution in [1.82, 2.24) is 4.90 Å². The monoisotopic (exact) mass is 1350 g/mol. The summed E-state index contributed by atoms with van der Waals surface area (Å²) >= 11 is 0. The molecule has 0 aromatic heterocycles. The first kappa shape index (κ1) is 74.5. The molecular weight excluding hydrogens is 1260 g/mol. The van der Waals surface area contributed by atoms with Crippen LogP contribution >= 0.6 is 0 Å². The van der Waals surface area contributed by atoms with Gasteiger partial charge in [-0.05, 0) is 95.5 Å². The molecular formula is C76H96N4O18. The number of esters is 4. The summed E-state index contributed by atoms with van der Waals surface area (Å²) in [6, 6.07) is 43.7. The summed E-state index contributed by atoms with van der Waals surface area (Å²) in [6.45, 7) is 18.0. The normalized spacial score (nSPS) is 30.0. The Balaban J connectivity index is 1.00. The predicted octanol–water partition coefficient (Wildman–Crippen LogP) is 13.4. The highest BCUT2D eigenvalue weighted by Crippen LogP contribution is 2.43. The molecule has 0 aliphatic carbocycles.